The van der Waals surface area contributed by atoms with E-state index in [1.54, 1.807) is 0 Å². The number of nitrogens with one attached hydrogen (secondary N) is 2. The lowest BCUT2D eigenvalue weighted by atomic mass is 10.1. The van der Waals surface area contributed by atoms with Gasteiger partial charge in [-0.3, -0.25) is 4.99 Å². The number of hydrogen-bond acceptors (Lipinski definition) is 3. The molecule has 1 aromatic carbocycles. The summed E-state index contributed by atoms with van der Waals surface area (Å²) in [6.07, 6.45) is 7.16. The van der Waals surface area contributed by atoms with E-state index >= 15 is 0 Å². The molecular weight excluding hydrogens is 328 g/mol. The molecule has 1 aliphatic rings. The van der Waals surface area contributed by atoms with Crippen LogP contribution in [0.1, 0.15) is 51.1 Å². The molecular formula is C20H34N4S. The molecule has 25 heavy (non-hydrogen) atoms. The van der Waals surface area contributed by atoms with Gasteiger partial charge in [0.25, 0.3) is 0 Å². The van der Waals surface area contributed by atoms with E-state index in [-0.39, 0.29) is 6.04 Å². The van der Waals surface area contributed by atoms with Gasteiger partial charge in [0.2, 0.25) is 0 Å². The van der Waals surface area contributed by atoms with Gasteiger partial charge in [-0.1, -0.05) is 12.1 Å². The summed E-state index contributed by atoms with van der Waals surface area (Å²) in [6, 6.07) is 9.18. The van der Waals surface area contributed by atoms with Crippen LogP contribution in [0.2, 0.25) is 0 Å². The normalized spacial score (nSPS) is 16.1. The number of benzene rings is 1. The van der Waals surface area contributed by atoms with Crippen molar-refractivity contribution >= 4 is 23.4 Å². The molecule has 0 radical (unpaired) electrons. The van der Waals surface area contributed by atoms with E-state index in [2.05, 4.69) is 59.9 Å². The second-order valence-corrected chi connectivity index (χ2v) is 7.60. The average molecular weight is 363 g/mol. The standard InChI is InChI=1S/C20H34N4S/c1-4-21-20(22-12-5-8-15-25-3)23-17(2)18-10-9-11-19(16-18)24-13-6-7-14-24/h9-11,16-17H,4-8,12-15H2,1-3H3,(H2,21,22,23). The molecule has 2 rings (SSSR count). The Labute approximate surface area is 157 Å². The zero-order valence-electron chi connectivity index (χ0n) is 16.1. The quantitative estimate of drug-likeness (QED) is 0.395. The molecule has 0 bridgehead atoms. The number of thioether (sulfide) groups is 1. The molecule has 1 unspecified atom stereocenters. The minimum absolute atomic E-state index is 0.242. The lowest BCUT2D eigenvalue weighted by Gasteiger charge is -2.22. The predicted molar refractivity (Wildman–Crippen MR) is 113 cm³/mol. The van der Waals surface area contributed by atoms with Crippen LogP contribution in [0, 0.1) is 0 Å². The predicted octanol–water partition coefficient (Wildman–Crippen LogP) is 4.05. The first-order valence-electron chi connectivity index (χ1n) is 9.63. The SMILES string of the molecule is CCNC(=NCCCCSC)NC(C)c1cccc(N2CCCC2)c1. The van der Waals surface area contributed by atoms with Crippen LogP contribution in [0.25, 0.3) is 0 Å². The summed E-state index contributed by atoms with van der Waals surface area (Å²) < 4.78 is 0. The summed E-state index contributed by atoms with van der Waals surface area (Å²) >= 11 is 1.91. The highest BCUT2D eigenvalue weighted by atomic mass is 32.2. The van der Waals surface area contributed by atoms with Crippen molar-refractivity contribution in [1.82, 2.24) is 10.6 Å². The molecule has 1 aliphatic heterocycles. The molecule has 0 amide bonds. The van der Waals surface area contributed by atoms with Crippen molar-refractivity contribution in [2.24, 2.45) is 4.99 Å². The summed E-state index contributed by atoms with van der Waals surface area (Å²) in [6.45, 7) is 8.47. The van der Waals surface area contributed by atoms with Gasteiger partial charge < -0.3 is 15.5 Å². The van der Waals surface area contributed by atoms with Crippen molar-refractivity contribution in [2.75, 3.05) is 43.1 Å². The molecule has 2 N–H and O–H groups in total. The molecule has 140 valence electrons. The van der Waals surface area contributed by atoms with Gasteiger partial charge in [0.05, 0.1) is 6.04 Å². The second-order valence-electron chi connectivity index (χ2n) is 6.62. The van der Waals surface area contributed by atoms with Gasteiger partial charge in [0, 0.05) is 31.9 Å². The van der Waals surface area contributed by atoms with Crippen molar-refractivity contribution in [2.45, 2.75) is 45.6 Å². The number of guanidine groups is 1. The number of anilines is 1. The van der Waals surface area contributed by atoms with E-state index in [4.69, 9.17) is 4.99 Å². The summed E-state index contributed by atoms with van der Waals surface area (Å²) in [5.41, 5.74) is 2.67. The number of aliphatic imine (C=N–C) groups is 1. The number of nitrogens with zero attached hydrogens (tertiary/aromatic N) is 2. The zero-order valence-corrected chi connectivity index (χ0v) is 16.9. The Balaban J connectivity index is 1.93. The molecule has 0 aliphatic carbocycles. The van der Waals surface area contributed by atoms with E-state index in [0.29, 0.717) is 0 Å². The number of rotatable bonds is 9. The smallest absolute Gasteiger partial charge is 0.191 e. The van der Waals surface area contributed by atoms with Crippen molar-refractivity contribution in [3.05, 3.63) is 29.8 Å². The molecule has 0 spiro atoms. The molecule has 4 nitrogen and oxygen atoms in total. The van der Waals surface area contributed by atoms with E-state index in [1.807, 2.05) is 11.8 Å². The monoisotopic (exact) mass is 362 g/mol. The minimum atomic E-state index is 0.242. The van der Waals surface area contributed by atoms with Crippen LogP contribution in [0.5, 0.6) is 0 Å². The summed E-state index contributed by atoms with van der Waals surface area (Å²) in [5, 5.41) is 6.93. The summed E-state index contributed by atoms with van der Waals surface area (Å²) in [4.78, 5) is 7.21. The molecule has 1 aromatic rings. The third-order valence-corrected chi connectivity index (χ3v) is 5.26. The average Bonchev–Trinajstić information content (AvgIpc) is 3.16. The van der Waals surface area contributed by atoms with Crippen LogP contribution < -0.4 is 15.5 Å². The Morgan fingerprint density at radius 2 is 2.08 bits per heavy atom. The minimum Gasteiger partial charge on any atom is -0.372 e. The number of unbranched alkanes of at least 4 members (excludes halogenated alkanes) is 1. The van der Waals surface area contributed by atoms with Crippen molar-refractivity contribution < 1.29 is 0 Å². The molecule has 1 fully saturated rings. The lowest BCUT2D eigenvalue weighted by molar-refractivity contribution is 0.682. The molecule has 1 atom stereocenters. The van der Waals surface area contributed by atoms with E-state index in [1.165, 1.54) is 49.4 Å². The van der Waals surface area contributed by atoms with Gasteiger partial charge in [0.15, 0.2) is 5.96 Å². The van der Waals surface area contributed by atoms with Gasteiger partial charge in [0.1, 0.15) is 0 Å². The maximum absolute atomic E-state index is 4.73. The van der Waals surface area contributed by atoms with Crippen LogP contribution in [0.4, 0.5) is 5.69 Å². The van der Waals surface area contributed by atoms with Gasteiger partial charge in [-0.05, 0) is 69.2 Å². The Morgan fingerprint density at radius 1 is 1.28 bits per heavy atom. The zero-order chi connectivity index (χ0) is 17.9. The maximum atomic E-state index is 4.73. The van der Waals surface area contributed by atoms with Gasteiger partial charge in [-0.2, -0.15) is 11.8 Å². The lowest BCUT2D eigenvalue weighted by Crippen LogP contribution is -2.38. The fraction of sp³-hybridized carbons (Fsp3) is 0.650. The van der Waals surface area contributed by atoms with Crippen molar-refractivity contribution in [3.63, 3.8) is 0 Å². The van der Waals surface area contributed by atoms with Crippen molar-refractivity contribution in [3.8, 4) is 0 Å². The van der Waals surface area contributed by atoms with Crippen LogP contribution in [-0.4, -0.2) is 44.1 Å². The first kappa shape index (κ1) is 20.0. The van der Waals surface area contributed by atoms with E-state index in [0.717, 1.165) is 25.5 Å². The second kappa shape index (κ2) is 11.3. The molecule has 5 heteroatoms. The third kappa shape index (κ3) is 6.81. The Kier molecular flexibility index (Phi) is 9.02. The molecule has 1 saturated heterocycles. The van der Waals surface area contributed by atoms with Crippen LogP contribution in [0.15, 0.2) is 29.3 Å². The topological polar surface area (TPSA) is 39.7 Å². The van der Waals surface area contributed by atoms with Crippen LogP contribution >= 0.6 is 11.8 Å². The fourth-order valence-electron chi connectivity index (χ4n) is 3.12. The van der Waals surface area contributed by atoms with Gasteiger partial charge in [-0.15, -0.1) is 0 Å². The first-order chi connectivity index (χ1) is 12.2. The Bertz CT molecular complexity index is 526. The largest absolute Gasteiger partial charge is 0.372 e. The maximum Gasteiger partial charge on any atom is 0.191 e. The van der Waals surface area contributed by atoms with E-state index < -0.39 is 0 Å². The summed E-state index contributed by atoms with van der Waals surface area (Å²) in [7, 11) is 0. The van der Waals surface area contributed by atoms with Crippen LogP contribution in [-0.2, 0) is 0 Å². The highest BCUT2D eigenvalue weighted by molar-refractivity contribution is 7.98. The fourth-order valence-corrected chi connectivity index (χ4v) is 3.62. The number of hydrogen-bond donors (Lipinski definition) is 2. The molecule has 0 aromatic heterocycles. The molecule has 1 heterocycles. The third-order valence-electron chi connectivity index (χ3n) is 4.57. The van der Waals surface area contributed by atoms with Crippen LogP contribution in [0.3, 0.4) is 0 Å². The summed E-state index contributed by atoms with van der Waals surface area (Å²) in [5.74, 6) is 2.14. The first-order valence-corrected chi connectivity index (χ1v) is 11.0. The Morgan fingerprint density at radius 3 is 2.80 bits per heavy atom. The highest BCUT2D eigenvalue weighted by Crippen LogP contribution is 2.23. The highest BCUT2D eigenvalue weighted by Gasteiger charge is 2.14. The van der Waals surface area contributed by atoms with Crippen molar-refractivity contribution in [1.29, 1.82) is 0 Å². The van der Waals surface area contributed by atoms with Gasteiger partial charge in [-0.25, -0.2) is 0 Å². The molecule has 0 saturated carbocycles. The Hall–Kier alpha value is -1.36. The van der Waals surface area contributed by atoms with Gasteiger partial charge >= 0.3 is 0 Å². The van der Waals surface area contributed by atoms with E-state index in [9.17, 15) is 0 Å².